The van der Waals surface area contributed by atoms with Crippen molar-refractivity contribution in [2.45, 2.75) is 59.0 Å². The average Bonchev–Trinajstić information content (AvgIpc) is 2.55. The Balaban J connectivity index is 2.90. The Morgan fingerprint density at radius 2 is 1.57 bits per heavy atom. The molecule has 0 heterocycles. The number of rotatable bonds is 10. The number of nitrogens with zero attached hydrogens (tertiary/aromatic N) is 1. The molecule has 2 atom stereocenters. The van der Waals surface area contributed by atoms with Gasteiger partial charge in [0.25, 0.3) is 0 Å². The van der Waals surface area contributed by atoms with Gasteiger partial charge in [0.15, 0.2) is 0 Å². The topological polar surface area (TPSA) is 15.3 Å². The lowest BCUT2D eigenvalue weighted by Crippen LogP contribution is -2.45. The molecule has 2 nitrogen and oxygen atoms in total. The molecular weight excluding hydrogens is 256 g/mol. The van der Waals surface area contributed by atoms with Gasteiger partial charge < -0.3 is 5.32 Å². The van der Waals surface area contributed by atoms with E-state index in [2.05, 4.69) is 75.3 Å². The van der Waals surface area contributed by atoms with Crippen LogP contribution in [0.15, 0.2) is 30.3 Å². The Kier molecular flexibility index (Phi) is 8.63. The molecule has 0 saturated heterocycles. The van der Waals surface area contributed by atoms with Crippen LogP contribution in [-0.2, 0) is 0 Å². The van der Waals surface area contributed by atoms with Crippen LogP contribution in [0.4, 0.5) is 0 Å². The summed E-state index contributed by atoms with van der Waals surface area (Å²) in [4.78, 5) is 2.67. The van der Waals surface area contributed by atoms with Gasteiger partial charge in [-0.25, -0.2) is 0 Å². The van der Waals surface area contributed by atoms with Crippen LogP contribution in [0.5, 0.6) is 0 Å². The minimum absolute atomic E-state index is 0.408. The third kappa shape index (κ3) is 5.12. The van der Waals surface area contributed by atoms with Gasteiger partial charge >= 0.3 is 0 Å². The van der Waals surface area contributed by atoms with Gasteiger partial charge in [-0.05, 0) is 31.5 Å². The molecule has 0 radical (unpaired) electrons. The zero-order chi connectivity index (χ0) is 15.7. The van der Waals surface area contributed by atoms with Crippen molar-refractivity contribution in [2.24, 2.45) is 5.92 Å². The molecule has 1 aromatic rings. The van der Waals surface area contributed by atoms with Gasteiger partial charge in [0.1, 0.15) is 0 Å². The fraction of sp³-hybridized carbons (Fsp3) is 0.684. The first-order chi connectivity index (χ1) is 10.2. The summed E-state index contributed by atoms with van der Waals surface area (Å²) in [5.74, 6) is 0.812. The molecule has 1 aromatic carbocycles. The molecule has 0 aliphatic rings. The molecule has 2 unspecified atom stereocenters. The van der Waals surface area contributed by atoms with Crippen LogP contribution in [-0.4, -0.2) is 31.1 Å². The maximum Gasteiger partial charge on any atom is 0.0475 e. The minimum atomic E-state index is 0.408. The molecule has 120 valence electrons. The van der Waals surface area contributed by atoms with Crippen LogP contribution in [0.3, 0.4) is 0 Å². The third-order valence-corrected chi connectivity index (χ3v) is 4.80. The number of nitrogens with one attached hydrogen (secondary N) is 1. The van der Waals surface area contributed by atoms with Gasteiger partial charge in [0.05, 0.1) is 0 Å². The number of hydrogen-bond donors (Lipinski definition) is 1. The highest BCUT2D eigenvalue weighted by molar-refractivity contribution is 5.20. The lowest BCUT2D eigenvalue weighted by atomic mass is 9.94. The molecule has 0 fully saturated rings. The quantitative estimate of drug-likeness (QED) is 0.683. The first-order valence-corrected chi connectivity index (χ1v) is 8.67. The Labute approximate surface area is 131 Å². The summed E-state index contributed by atoms with van der Waals surface area (Å²) in [5, 5.41) is 3.55. The summed E-state index contributed by atoms with van der Waals surface area (Å²) in [6.45, 7) is 11.6. The van der Waals surface area contributed by atoms with Crippen molar-refractivity contribution >= 4 is 0 Å². The lowest BCUT2D eigenvalue weighted by molar-refractivity contribution is 0.135. The van der Waals surface area contributed by atoms with Gasteiger partial charge in [0, 0.05) is 18.6 Å². The van der Waals surface area contributed by atoms with Crippen molar-refractivity contribution < 1.29 is 0 Å². The second-order valence-electron chi connectivity index (χ2n) is 5.92. The van der Waals surface area contributed by atoms with Crippen molar-refractivity contribution in [1.29, 1.82) is 0 Å². The largest absolute Gasteiger partial charge is 0.312 e. The summed E-state index contributed by atoms with van der Waals surface area (Å²) in [6, 6.07) is 11.8. The second kappa shape index (κ2) is 9.97. The maximum absolute atomic E-state index is 3.55. The van der Waals surface area contributed by atoms with Gasteiger partial charge in [-0.2, -0.15) is 0 Å². The molecule has 1 N–H and O–H groups in total. The SMILES string of the molecule is CCC(CC)CN(CC)C(CC)C(NC)c1ccccc1. The van der Waals surface area contributed by atoms with Crippen LogP contribution in [0.1, 0.15) is 58.6 Å². The van der Waals surface area contributed by atoms with Crippen molar-refractivity contribution in [1.82, 2.24) is 10.2 Å². The first-order valence-electron chi connectivity index (χ1n) is 8.67. The summed E-state index contributed by atoms with van der Waals surface area (Å²) in [6.07, 6.45) is 3.73. The predicted octanol–water partition coefficient (Wildman–Crippen LogP) is 4.48. The van der Waals surface area contributed by atoms with Gasteiger partial charge in [-0.15, -0.1) is 0 Å². The van der Waals surface area contributed by atoms with Crippen molar-refractivity contribution in [3.8, 4) is 0 Å². The number of benzene rings is 1. The summed E-state index contributed by atoms with van der Waals surface area (Å²) in [7, 11) is 2.09. The normalized spacial score (nSPS) is 14.6. The number of hydrogen-bond acceptors (Lipinski definition) is 2. The molecule has 21 heavy (non-hydrogen) atoms. The smallest absolute Gasteiger partial charge is 0.0475 e. The molecule has 0 aliphatic heterocycles. The molecule has 0 aromatic heterocycles. The fourth-order valence-corrected chi connectivity index (χ4v) is 3.32. The Morgan fingerprint density at radius 3 is 2.00 bits per heavy atom. The zero-order valence-electron chi connectivity index (χ0n) is 14.6. The number of likely N-dealkylation sites (N-methyl/N-ethyl adjacent to an activating group) is 2. The monoisotopic (exact) mass is 290 g/mol. The van der Waals surface area contributed by atoms with E-state index in [0.717, 1.165) is 12.5 Å². The highest BCUT2D eigenvalue weighted by atomic mass is 15.2. The van der Waals surface area contributed by atoms with E-state index in [4.69, 9.17) is 0 Å². The summed E-state index contributed by atoms with van der Waals surface area (Å²) < 4.78 is 0. The van der Waals surface area contributed by atoms with E-state index < -0.39 is 0 Å². The molecule has 0 saturated carbocycles. The highest BCUT2D eigenvalue weighted by Crippen LogP contribution is 2.25. The fourth-order valence-electron chi connectivity index (χ4n) is 3.32. The van der Waals surface area contributed by atoms with Crippen LogP contribution in [0, 0.1) is 5.92 Å². The van der Waals surface area contributed by atoms with Crippen LogP contribution in [0.25, 0.3) is 0 Å². The predicted molar refractivity (Wildman–Crippen MR) is 93.6 cm³/mol. The van der Waals surface area contributed by atoms with Gasteiger partial charge in [-0.1, -0.05) is 70.9 Å². The maximum atomic E-state index is 3.55. The standard InChI is InChI=1S/C19H34N2/c1-6-16(7-2)15-21(9-4)18(8-3)19(20-5)17-13-11-10-12-14-17/h10-14,16,18-20H,6-9,15H2,1-5H3. The van der Waals surface area contributed by atoms with E-state index in [-0.39, 0.29) is 0 Å². The van der Waals surface area contributed by atoms with Crippen molar-refractivity contribution in [2.75, 3.05) is 20.1 Å². The zero-order valence-corrected chi connectivity index (χ0v) is 14.6. The van der Waals surface area contributed by atoms with Crippen molar-refractivity contribution in [3.63, 3.8) is 0 Å². The highest BCUT2D eigenvalue weighted by Gasteiger charge is 2.26. The van der Waals surface area contributed by atoms with Crippen molar-refractivity contribution in [3.05, 3.63) is 35.9 Å². The molecule has 0 bridgehead atoms. The third-order valence-electron chi connectivity index (χ3n) is 4.80. The lowest BCUT2D eigenvalue weighted by Gasteiger charge is -2.38. The van der Waals surface area contributed by atoms with E-state index in [9.17, 15) is 0 Å². The van der Waals surface area contributed by atoms with Crippen LogP contribution < -0.4 is 5.32 Å². The summed E-state index contributed by atoms with van der Waals surface area (Å²) in [5.41, 5.74) is 1.40. The first kappa shape index (κ1) is 18.2. The Bertz CT molecular complexity index is 359. The van der Waals surface area contributed by atoms with E-state index in [1.807, 2.05) is 0 Å². The molecule has 1 rings (SSSR count). The molecular formula is C19H34N2. The van der Waals surface area contributed by atoms with E-state index in [0.29, 0.717) is 12.1 Å². The Hall–Kier alpha value is -0.860. The molecule has 0 spiro atoms. The molecule has 0 aliphatic carbocycles. The van der Waals surface area contributed by atoms with Gasteiger partial charge in [0.2, 0.25) is 0 Å². The molecule has 0 amide bonds. The average molecular weight is 290 g/mol. The Morgan fingerprint density at radius 1 is 0.952 bits per heavy atom. The second-order valence-corrected chi connectivity index (χ2v) is 5.92. The van der Waals surface area contributed by atoms with Gasteiger partial charge in [-0.3, -0.25) is 4.90 Å². The van der Waals surface area contributed by atoms with Crippen LogP contribution >= 0.6 is 0 Å². The molecule has 2 heteroatoms. The van der Waals surface area contributed by atoms with E-state index >= 15 is 0 Å². The van der Waals surface area contributed by atoms with E-state index in [1.165, 1.54) is 31.4 Å². The summed E-state index contributed by atoms with van der Waals surface area (Å²) >= 11 is 0. The minimum Gasteiger partial charge on any atom is -0.312 e. The van der Waals surface area contributed by atoms with Crippen LogP contribution in [0.2, 0.25) is 0 Å². The van der Waals surface area contributed by atoms with E-state index in [1.54, 1.807) is 0 Å².